The van der Waals surface area contributed by atoms with E-state index in [4.69, 9.17) is 0 Å². The van der Waals surface area contributed by atoms with Crippen LogP contribution >= 0.6 is 0 Å². The highest BCUT2D eigenvalue weighted by atomic mass is 19.3. The van der Waals surface area contributed by atoms with Crippen LogP contribution in [0.1, 0.15) is 51.0 Å². The standard InChI is InChI=1S/C19H30F2N4O2/c1-4-13(10-16(20)21)19(27)24(3)15-6-8-25(9-7-15)18(26)11-17-22-12-14(5-2)23-17/h12-13,15-16H,4-11H2,1-3H3,(H,22,23). The number of likely N-dealkylation sites (tertiary alicyclic amines) is 1. The number of amides is 2. The van der Waals surface area contributed by atoms with Gasteiger partial charge in [-0.05, 0) is 25.7 Å². The van der Waals surface area contributed by atoms with Gasteiger partial charge in [0.25, 0.3) is 0 Å². The summed E-state index contributed by atoms with van der Waals surface area (Å²) >= 11 is 0. The van der Waals surface area contributed by atoms with E-state index >= 15 is 0 Å². The third-order valence-corrected chi connectivity index (χ3v) is 5.40. The van der Waals surface area contributed by atoms with Crippen LogP contribution in [0.3, 0.4) is 0 Å². The summed E-state index contributed by atoms with van der Waals surface area (Å²) in [5.74, 6) is -0.167. The number of rotatable bonds is 8. The Balaban J connectivity index is 1.84. The highest BCUT2D eigenvalue weighted by molar-refractivity contribution is 5.79. The summed E-state index contributed by atoms with van der Waals surface area (Å²) in [6.07, 6.45) is 1.71. The Morgan fingerprint density at radius 3 is 2.52 bits per heavy atom. The molecule has 0 bridgehead atoms. The Morgan fingerprint density at radius 2 is 2.00 bits per heavy atom. The SMILES string of the molecule is CCc1cnc(CC(=O)N2CCC(N(C)C(=O)C(CC)CC(F)F)CC2)[nH]1. The highest BCUT2D eigenvalue weighted by Gasteiger charge is 2.31. The molecule has 1 aromatic heterocycles. The van der Waals surface area contributed by atoms with Crippen LogP contribution in [0.15, 0.2) is 6.20 Å². The first-order valence-corrected chi connectivity index (χ1v) is 9.71. The molecule has 1 fully saturated rings. The summed E-state index contributed by atoms with van der Waals surface area (Å²) < 4.78 is 25.3. The molecule has 8 heteroatoms. The maximum absolute atomic E-state index is 12.7. The van der Waals surface area contributed by atoms with Gasteiger partial charge in [-0.1, -0.05) is 13.8 Å². The van der Waals surface area contributed by atoms with E-state index in [0.717, 1.165) is 12.1 Å². The fraction of sp³-hybridized carbons (Fsp3) is 0.737. The molecule has 1 saturated heterocycles. The summed E-state index contributed by atoms with van der Waals surface area (Å²) in [6.45, 7) is 4.91. The first-order valence-electron chi connectivity index (χ1n) is 9.71. The lowest BCUT2D eigenvalue weighted by atomic mass is 9.97. The van der Waals surface area contributed by atoms with Crippen molar-refractivity contribution in [1.82, 2.24) is 19.8 Å². The average Bonchev–Trinajstić information content (AvgIpc) is 3.12. The number of halogens is 2. The molecule has 1 aliphatic heterocycles. The molecule has 1 atom stereocenters. The number of nitrogens with zero attached hydrogens (tertiary/aromatic N) is 3. The zero-order chi connectivity index (χ0) is 20.0. The minimum absolute atomic E-state index is 0.0106. The number of aromatic amines is 1. The minimum Gasteiger partial charge on any atom is -0.345 e. The van der Waals surface area contributed by atoms with Crippen molar-refractivity contribution in [2.24, 2.45) is 5.92 Å². The number of hydrogen-bond donors (Lipinski definition) is 1. The molecule has 2 heterocycles. The second-order valence-corrected chi connectivity index (χ2v) is 7.18. The van der Waals surface area contributed by atoms with Crippen LogP contribution < -0.4 is 0 Å². The number of hydrogen-bond acceptors (Lipinski definition) is 3. The van der Waals surface area contributed by atoms with E-state index in [2.05, 4.69) is 9.97 Å². The highest BCUT2D eigenvalue weighted by Crippen LogP contribution is 2.22. The molecule has 2 rings (SSSR count). The number of H-pyrrole nitrogens is 1. The van der Waals surface area contributed by atoms with Crippen molar-refractivity contribution in [3.05, 3.63) is 17.7 Å². The Bertz CT molecular complexity index is 627. The maximum Gasteiger partial charge on any atom is 0.239 e. The number of carbonyl (C=O) groups excluding carboxylic acids is 2. The minimum atomic E-state index is -2.47. The van der Waals surface area contributed by atoms with Crippen molar-refractivity contribution < 1.29 is 18.4 Å². The molecule has 1 aliphatic rings. The number of alkyl halides is 2. The lowest BCUT2D eigenvalue weighted by Crippen LogP contribution is -2.49. The van der Waals surface area contributed by atoms with Gasteiger partial charge in [0.15, 0.2) is 0 Å². The van der Waals surface area contributed by atoms with E-state index in [1.165, 1.54) is 0 Å². The van der Waals surface area contributed by atoms with Crippen molar-refractivity contribution in [3.63, 3.8) is 0 Å². The topological polar surface area (TPSA) is 69.3 Å². The number of carbonyl (C=O) groups is 2. The van der Waals surface area contributed by atoms with Crippen LogP contribution in [0.25, 0.3) is 0 Å². The van der Waals surface area contributed by atoms with Crippen LogP contribution in [-0.2, 0) is 22.4 Å². The molecule has 0 saturated carbocycles. The zero-order valence-electron chi connectivity index (χ0n) is 16.4. The van der Waals surface area contributed by atoms with E-state index in [-0.39, 0.29) is 30.7 Å². The van der Waals surface area contributed by atoms with Gasteiger partial charge < -0.3 is 14.8 Å². The number of piperidine rings is 1. The molecule has 1 aromatic rings. The summed E-state index contributed by atoms with van der Waals surface area (Å²) in [4.78, 5) is 35.7. The zero-order valence-corrected chi connectivity index (χ0v) is 16.4. The van der Waals surface area contributed by atoms with E-state index < -0.39 is 12.3 Å². The van der Waals surface area contributed by atoms with Crippen molar-refractivity contribution in [1.29, 1.82) is 0 Å². The quantitative estimate of drug-likeness (QED) is 0.749. The molecular formula is C19H30F2N4O2. The molecule has 6 nitrogen and oxygen atoms in total. The van der Waals surface area contributed by atoms with Crippen LogP contribution in [0.5, 0.6) is 0 Å². The fourth-order valence-corrected chi connectivity index (χ4v) is 3.56. The molecule has 1 unspecified atom stereocenters. The molecule has 152 valence electrons. The fourth-order valence-electron chi connectivity index (χ4n) is 3.56. The molecule has 0 radical (unpaired) electrons. The number of imidazole rings is 1. The second-order valence-electron chi connectivity index (χ2n) is 7.18. The van der Waals surface area contributed by atoms with Gasteiger partial charge in [0, 0.05) is 50.4 Å². The Kier molecular flexibility index (Phi) is 7.74. The third-order valence-electron chi connectivity index (χ3n) is 5.40. The Hall–Kier alpha value is -1.99. The molecule has 2 amide bonds. The smallest absolute Gasteiger partial charge is 0.239 e. The summed E-state index contributed by atoms with van der Waals surface area (Å²) in [5.41, 5.74) is 1.01. The summed E-state index contributed by atoms with van der Waals surface area (Å²) in [6, 6.07) is -0.0106. The molecule has 0 aromatic carbocycles. The van der Waals surface area contributed by atoms with E-state index in [1.807, 2.05) is 6.92 Å². The van der Waals surface area contributed by atoms with Crippen LogP contribution in [-0.4, -0.2) is 64.2 Å². The molecule has 27 heavy (non-hydrogen) atoms. The predicted octanol–water partition coefficient (Wildman–Crippen LogP) is 2.65. The monoisotopic (exact) mass is 384 g/mol. The Labute approximate surface area is 159 Å². The molecule has 0 aliphatic carbocycles. The van der Waals surface area contributed by atoms with Crippen LogP contribution in [0.2, 0.25) is 0 Å². The summed E-state index contributed by atoms with van der Waals surface area (Å²) in [5, 5.41) is 0. The first kappa shape index (κ1) is 21.3. The largest absolute Gasteiger partial charge is 0.345 e. The normalized spacial score (nSPS) is 16.6. The molecule has 1 N–H and O–H groups in total. The number of nitrogens with one attached hydrogen (secondary N) is 1. The van der Waals surface area contributed by atoms with Gasteiger partial charge in [-0.2, -0.15) is 0 Å². The third kappa shape index (κ3) is 5.74. The van der Waals surface area contributed by atoms with Crippen molar-refractivity contribution >= 4 is 11.8 Å². The van der Waals surface area contributed by atoms with E-state index in [0.29, 0.717) is 38.2 Å². The van der Waals surface area contributed by atoms with Crippen LogP contribution in [0, 0.1) is 5.92 Å². The Morgan fingerprint density at radius 1 is 1.33 bits per heavy atom. The van der Waals surface area contributed by atoms with Crippen molar-refractivity contribution in [2.45, 2.75) is 64.8 Å². The number of aromatic nitrogens is 2. The van der Waals surface area contributed by atoms with Gasteiger partial charge in [-0.25, -0.2) is 13.8 Å². The van der Waals surface area contributed by atoms with Gasteiger partial charge in [0.05, 0.1) is 6.42 Å². The second kappa shape index (κ2) is 9.80. The number of aryl methyl sites for hydroxylation is 1. The van der Waals surface area contributed by atoms with Gasteiger partial charge in [-0.3, -0.25) is 9.59 Å². The van der Waals surface area contributed by atoms with Crippen molar-refractivity contribution in [3.8, 4) is 0 Å². The lowest BCUT2D eigenvalue weighted by molar-refractivity contribution is -0.139. The summed E-state index contributed by atoms with van der Waals surface area (Å²) in [7, 11) is 1.69. The average molecular weight is 384 g/mol. The van der Waals surface area contributed by atoms with Gasteiger partial charge in [0.1, 0.15) is 5.82 Å². The van der Waals surface area contributed by atoms with Crippen LogP contribution in [0.4, 0.5) is 8.78 Å². The van der Waals surface area contributed by atoms with Gasteiger partial charge in [-0.15, -0.1) is 0 Å². The van der Waals surface area contributed by atoms with E-state index in [9.17, 15) is 18.4 Å². The maximum atomic E-state index is 12.7. The predicted molar refractivity (Wildman–Crippen MR) is 98.4 cm³/mol. The first-order chi connectivity index (χ1) is 12.8. The van der Waals surface area contributed by atoms with Gasteiger partial charge in [0.2, 0.25) is 18.2 Å². The van der Waals surface area contributed by atoms with Crippen molar-refractivity contribution in [2.75, 3.05) is 20.1 Å². The molecular weight excluding hydrogens is 354 g/mol. The van der Waals surface area contributed by atoms with Gasteiger partial charge >= 0.3 is 0 Å². The lowest BCUT2D eigenvalue weighted by Gasteiger charge is -2.38. The molecule has 0 spiro atoms. The van der Waals surface area contributed by atoms with E-state index in [1.54, 1.807) is 30.0 Å².